The molecule has 2 aromatic rings. The minimum absolute atomic E-state index is 0.106. The Kier molecular flexibility index (Phi) is 6.74. The van der Waals surface area contributed by atoms with Crippen LogP contribution in [0.15, 0.2) is 24.3 Å². The van der Waals surface area contributed by atoms with Crippen LogP contribution in [0.3, 0.4) is 0 Å². The zero-order chi connectivity index (χ0) is 18.4. The normalized spacial score (nSPS) is 15.2. The van der Waals surface area contributed by atoms with Crippen molar-refractivity contribution in [3.63, 3.8) is 0 Å². The molecule has 1 aromatic heterocycles. The van der Waals surface area contributed by atoms with Gasteiger partial charge in [-0.15, -0.1) is 11.3 Å². The summed E-state index contributed by atoms with van der Waals surface area (Å²) in [5, 5.41) is 3.67. The first-order valence-electron chi connectivity index (χ1n) is 9.26. The Bertz CT molecular complexity index is 724. The van der Waals surface area contributed by atoms with Gasteiger partial charge in [-0.3, -0.25) is 4.79 Å². The molecule has 0 radical (unpaired) electrons. The number of hydrogen-bond acceptors (Lipinski definition) is 4. The molecule has 1 aliphatic carbocycles. The predicted molar refractivity (Wildman–Crippen MR) is 102 cm³/mol. The van der Waals surface area contributed by atoms with Crippen molar-refractivity contribution in [1.82, 2.24) is 10.3 Å². The minimum atomic E-state index is -0.282. The van der Waals surface area contributed by atoms with E-state index in [4.69, 9.17) is 4.74 Å². The molecular weight excluding hydrogens is 351 g/mol. The van der Waals surface area contributed by atoms with E-state index in [1.807, 2.05) is 6.92 Å². The summed E-state index contributed by atoms with van der Waals surface area (Å²) in [6, 6.07) is 6.16. The fraction of sp³-hybridized carbons (Fsp3) is 0.500. The van der Waals surface area contributed by atoms with Crippen LogP contribution in [0, 0.1) is 12.7 Å². The van der Waals surface area contributed by atoms with Crippen LogP contribution < -0.4 is 5.32 Å². The van der Waals surface area contributed by atoms with Crippen molar-refractivity contribution in [2.45, 2.75) is 51.6 Å². The largest absolute Gasteiger partial charge is 0.378 e. The number of aryl methyl sites for hydroxylation is 1. The zero-order valence-electron chi connectivity index (χ0n) is 15.1. The third kappa shape index (κ3) is 5.11. The molecule has 1 amide bonds. The molecule has 1 saturated carbocycles. The summed E-state index contributed by atoms with van der Waals surface area (Å²) in [6.45, 7) is 3.10. The molecule has 0 atom stereocenters. The number of nitrogens with zero attached hydrogens (tertiary/aromatic N) is 1. The molecule has 1 fully saturated rings. The van der Waals surface area contributed by atoms with Gasteiger partial charge in [0.2, 0.25) is 0 Å². The van der Waals surface area contributed by atoms with E-state index in [0.717, 1.165) is 17.0 Å². The smallest absolute Gasteiger partial charge is 0.263 e. The SMILES string of the molecule is Cc1nc(-c2ccc(F)cc2)sc1C(=O)NCCCOC1CCCCC1. The number of benzene rings is 1. The van der Waals surface area contributed by atoms with Gasteiger partial charge in [0.25, 0.3) is 5.91 Å². The molecule has 0 aliphatic heterocycles. The molecule has 6 heteroatoms. The second kappa shape index (κ2) is 9.24. The molecule has 0 spiro atoms. The fourth-order valence-corrected chi connectivity index (χ4v) is 4.15. The van der Waals surface area contributed by atoms with Gasteiger partial charge in [-0.25, -0.2) is 9.37 Å². The maximum atomic E-state index is 13.0. The van der Waals surface area contributed by atoms with Crippen molar-refractivity contribution in [1.29, 1.82) is 0 Å². The summed E-state index contributed by atoms with van der Waals surface area (Å²) in [5.41, 5.74) is 1.52. The zero-order valence-corrected chi connectivity index (χ0v) is 15.9. The van der Waals surface area contributed by atoms with Crippen LogP contribution in [-0.4, -0.2) is 30.1 Å². The predicted octanol–water partition coefficient (Wildman–Crippen LogP) is 4.73. The molecule has 0 unspecified atom stereocenters. The van der Waals surface area contributed by atoms with E-state index in [1.165, 1.54) is 55.6 Å². The lowest BCUT2D eigenvalue weighted by Crippen LogP contribution is -2.26. The van der Waals surface area contributed by atoms with Gasteiger partial charge < -0.3 is 10.1 Å². The van der Waals surface area contributed by atoms with Crippen LogP contribution >= 0.6 is 11.3 Å². The fourth-order valence-electron chi connectivity index (χ4n) is 3.16. The average Bonchev–Trinajstić information content (AvgIpc) is 3.04. The highest BCUT2D eigenvalue weighted by Crippen LogP contribution is 2.28. The van der Waals surface area contributed by atoms with Gasteiger partial charge in [-0.2, -0.15) is 0 Å². The highest BCUT2D eigenvalue weighted by atomic mass is 32.1. The second-order valence-electron chi connectivity index (χ2n) is 6.68. The molecule has 26 heavy (non-hydrogen) atoms. The summed E-state index contributed by atoms with van der Waals surface area (Å²) >= 11 is 1.34. The van der Waals surface area contributed by atoms with Gasteiger partial charge in [0.05, 0.1) is 11.8 Å². The Hall–Kier alpha value is -1.79. The van der Waals surface area contributed by atoms with E-state index in [9.17, 15) is 9.18 Å². The summed E-state index contributed by atoms with van der Waals surface area (Å²) in [7, 11) is 0. The summed E-state index contributed by atoms with van der Waals surface area (Å²) < 4.78 is 18.9. The maximum Gasteiger partial charge on any atom is 0.263 e. The number of nitrogens with one attached hydrogen (secondary N) is 1. The Morgan fingerprint density at radius 3 is 2.73 bits per heavy atom. The standard InChI is InChI=1S/C20H25FN2O2S/c1-14-18(26-20(23-14)15-8-10-16(21)11-9-15)19(24)22-12-5-13-25-17-6-3-2-4-7-17/h8-11,17H,2-7,12-13H2,1H3,(H,22,24). The molecule has 4 nitrogen and oxygen atoms in total. The molecule has 1 N–H and O–H groups in total. The van der Waals surface area contributed by atoms with E-state index in [2.05, 4.69) is 10.3 Å². The molecule has 0 bridgehead atoms. The van der Waals surface area contributed by atoms with E-state index < -0.39 is 0 Å². The summed E-state index contributed by atoms with van der Waals surface area (Å²) in [5.74, 6) is -0.388. The van der Waals surface area contributed by atoms with Crippen LogP contribution in [0.2, 0.25) is 0 Å². The van der Waals surface area contributed by atoms with Crippen LogP contribution in [0.1, 0.15) is 53.9 Å². The van der Waals surface area contributed by atoms with E-state index in [0.29, 0.717) is 29.8 Å². The van der Waals surface area contributed by atoms with E-state index >= 15 is 0 Å². The number of aromatic nitrogens is 1. The van der Waals surface area contributed by atoms with E-state index in [-0.39, 0.29) is 11.7 Å². The van der Waals surface area contributed by atoms with Crippen LogP contribution in [0.25, 0.3) is 10.6 Å². The molecular formula is C20H25FN2O2S. The van der Waals surface area contributed by atoms with Crippen molar-refractivity contribution >= 4 is 17.2 Å². The lowest BCUT2D eigenvalue weighted by molar-refractivity contribution is 0.0273. The van der Waals surface area contributed by atoms with Crippen molar-refractivity contribution in [2.24, 2.45) is 0 Å². The Balaban J connectivity index is 1.46. The number of halogens is 1. The molecule has 1 aliphatic rings. The molecule has 1 heterocycles. The first kappa shape index (κ1) is 19.0. The number of ether oxygens (including phenoxy) is 1. The highest BCUT2D eigenvalue weighted by molar-refractivity contribution is 7.17. The third-order valence-electron chi connectivity index (χ3n) is 4.61. The van der Waals surface area contributed by atoms with Crippen molar-refractivity contribution in [2.75, 3.05) is 13.2 Å². The maximum absolute atomic E-state index is 13.0. The number of rotatable bonds is 7. The van der Waals surface area contributed by atoms with Crippen molar-refractivity contribution < 1.29 is 13.9 Å². The minimum Gasteiger partial charge on any atom is -0.378 e. The number of carbonyl (C=O) groups is 1. The van der Waals surface area contributed by atoms with Crippen LogP contribution in [0.4, 0.5) is 4.39 Å². The first-order chi connectivity index (χ1) is 12.6. The topological polar surface area (TPSA) is 51.2 Å². The average molecular weight is 376 g/mol. The number of thiazole rings is 1. The lowest BCUT2D eigenvalue weighted by Gasteiger charge is -2.21. The lowest BCUT2D eigenvalue weighted by atomic mass is 9.98. The van der Waals surface area contributed by atoms with E-state index in [1.54, 1.807) is 12.1 Å². The molecule has 3 rings (SSSR count). The quantitative estimate of drug-likeness (QED) is 0.711. The number of hydrogen-bond donors (Lipinski definition) is 1. The van der Waals surface area contributed by atoms with Crippen molar-refractivity contribution in [3.8, 4) is 10.6 Å². The third-order valence-corrected chi connectivity index (χ3v) is 5.81. The Morgan fingerprint density at radius 1 is 1.27 bits per heavy atom. The Morgan fingerprint density at radius 2 is 2.00 bits per heavy atom. The van der Waals surface area contributed by atoms with Crippen LogP contribution in [0.5, 0.6) is 0 Å². The van der Waals surface area contributed by atoms with Crippen LogP contribution in [-0.2, 0) is 4.74 Å². The van der Waals surface area contributed by atoms with Gasteiger partial charge in [-0.1, -0.05) is 19.3 Å². The monoisotopic (exact) mass is 376 g/mol. The number of amides is 1. The summed E-state index contributed by atoms with van der Waals surface area (Å²) in [6.07, 6.45) is 7.40. The van der Waals surface area contributed by atoms with Gasteiger partial charge in [0, 0.05) is 18.7 Å². The molecule has 140 valence electrons. The highest BCUT2D eigenvalue weighted by Gasteiger charge is 2.16. The molecule has 0 saturated heterocycles. The van der Waals surface area contributed by atoms with Gasteiger partial charge in [-0.05, 0) is 50.5 Å². The van der Waals surface area contributed by atoms with Crippen molar-refractivity contribution in [3.05, 3.63) is 40.7 Å². The van der Waals surface area contributed by atoms with Gasteiger partial charge >= 0.3 is 0 Å². The second-order valence-corrected chi connectivity index (χ2v) is 7.68. The Labute approximate surface area is 157 Å². The summed E-state index contributed by atoms with van der Waals surface area (Å²) in [4.78, 5) is 17.4. The number of carbonyl (C=O) groups excluding carboxylic acids is 1. The molecule has 1 aromatic carbocycles. The van der Waals surface area contributed by atoms with Gasteiger partial charge in [0.15, 0.2) is 0 Å². The van der Waals surface area contributed by atoms with Gasteiger partial charge in [0.1, 0.15) is 15.7 Å². The first-order valence-corrected chi connectivity index (χ1v) is 10.1.